The summed E-state index contributed by atoms with van der Waals surface area (Å²) in [5, 5.41) is 0. The maximum Gasteiger partial charge on any atom is 0.201 e. The van der Waals surface area contributed by atoms with Gasteiger partial charge in [0.2, 0.25) is 5.78 Å². The lowest BCUT2D eigenvalue weighted by molar-refractivity contribution is 0.0974. The molecule has 5 heteroatoms. The minimum Gasteiger partial charge on any atom is -0.496 e. The third kappa shape index (κ3) is 2.70. The standard InChI is InChI=1S/C25H21NO4/c1-29-20-9-5-7-17-22(20)25(28)23-18(24(17)27)12-15(13-21(23)30-2)14-26-11-10-16-6-3-4-8-19(16)26/h3-9,12-13H,10-11,14H2,1-2H3. The molecule has 0 saturated heterocycles. The van der Waals surface area contributed by atoms with Crippen LogP contribution in [0.25, 0.3) is 0 Å². The molecule has 0 amide bonds. The summed E-state index contributed by atoms with van der Waals surface area (Å²) < 4.78 is 10.9. The highest BCUT2D eigenvalue weighted by Crippen LogP contribution is 2.38. The van der Waals surface area contributed by atoms with Crippen LogP contribution >= 0.6 is 0 Å². The first kappa shape index (κ1) is 18.4. The van der Waals surface area contributed by atoms with Gasteiger partial charge in [0.25, 0.3) is 0 Å². The van der Waals surface area contributed by atoms with Crippen molar-refractivity contribution in [3.8, 4) is 11.5 Å². The van der Waals surface area contributed by atoms with Crippen LogP contribution in [0.4, 0.5) is 5.69 Å². The van der Waals surface area contributed by atoms with Gasteiger partial charge in [-0.1, -0.05) is 30.3 Å². The van der Waals surface area contributed by atoms with E-state index in [9.17, 15) is 9.59 Å². The van der Waals surface area contributed by atoms with Crippen molar-refractivity contribution in [2.24, 2.45) is 0 Å². The molecule has 3 aromatic carbocycles. The van der Waals surface area contributed by atoms with E-state index in [0.29, 0.717) is 40.3 Å². The fourth-order valence-corrected chi connectivity index (χ4v) is 4.52. The van der Waals surface area contributed by atoms with Gasteiger partial charge in [-0.25, -0.2) is 0 Å². The molecule has 0 radical (unpaired) electrons. The summed E-state index contributed by atoms with van der Waals surface area (Å²) in [6.45, 7) is 1.57. The predicted molar refractivity (Wildman–Crippen MR) is 114 cm³/mol. The first-order chi connectivity index (χ1) is 14.6. The number of benzene rings is 3. The number of fused-ring (bicyclic) bond motifs is 3. The molecule has 0 aromatic heterocycles. The van der Waals surface area contributed by atoms with E-state index in [4.69, 9.17) is 9.47 Å². The molecule has 1 aliphatic heterocycles. The zero-order valence-corrected chi connectivity index (χ0v) is 16.9. The van der Waals surface area contributed by atoms with Crippen molar-refractivity contribution >= 4 is 17.3 Å². The van der Waals surface area contributed by atoms with Crippen LogP contribution < -0.4 is 14.4 Å². The van der Waals surface area contributed by atoms with E-state index >= 15 is 0 Å². The molecular formula is C25H21NO4. The Labute approximate surface area is 174 Å². The Kier molecular flexibility index (Phi) is 4.31. The fourth-order valence-electron chi connectivity index (χ4n) is 4.52. The van der Waals surface area contributed by atoms with Gasteiger partial charge in [0, 0.05) is 29.9 Å². The predicted octanol–water partition coefficient (Wildman–Crippen LogP) is 4.04. The second-order valence-corrected chi connectivity index (χ2v) is 7.56. The van der Waals surface area contributed by atoms with Crippen molar-refractivity contribution in [2.45, 2.75) is 13.0 Å². The second-order valence-electron chi connectivity index (χ2n) is 7.56. The van der Waals surface area contributed by atoms with Crippen molar-refractivity contribution in [3.63, 3.8) is 0 Å². The Morgan fingerprint density at radius 1 is 0.833 bits per heavy atom. The van der Waals surface area contributed by atoms with E-state index in [-0.39, 0.29) is 11.6 Å². The molecule has 5 nitrogen and oxygen atoms in total. The Balaban J connectivity index is 1.59. The van der Waals surface area contributed by atoms with Crippen LogP contribution in [-0.2, 0) is 13.0 Å². The molecule has 0 N–H and O–H groups in total. The minimum absolute atomic E-state index is 0.180. The van der Waals surface area contributed by atoms with Crippen LogP contribution in [0.2, 0.25) is 0 Å². The van der Waals surface area contributed by atoms with Gasteiger partial charge in [-0.15, -0.1) is 0 Å². The van der Waals surface area contributed by atoms with Crippen LogP contribution in [0.5, 0.6) is 11.5 Å². The molecular weight excluding hydrogens is 378 g/mol. The van der Waals surface area contributed by atoms with E-state index < -0.39 is 0 Å². The number of hydrogen-bond donors (Lipinski definition) is 0. The summed E-state index contributed by atoms with van der Waals surface area (Å²) in [7, 11) is 3.02. The average Bonchev–Trinajstić information content (AvgIpc) is 3.19. The first-order valence-electron chi connectivity index (χ1n) is 9.92. The Bertz CT molecular complexity index is 1200. The number of rotatable bonds is 4. The van der Waals surface area contributed by atoms with E-state index in [1.807, 2.05) is 18.2 Å². The summed E-state index contributed by atoms with van der Waals surface area (Å²) in [6, 6.07) is 17.2. The SMILES string of the molecule is COc1cccc2c1C(=O)c1c(OC)cc(CN3CCc4ccccc43)cc1C2=O. The van der Waals surface area contributed by atoms with Crippen molar-refractivity contribution < 1.29 is 19.1 Å². The lowest BCUT2D eigenvalue weighted by atomic mass is 9.82. The summed E-state index contributed by atoms with van der Waals surface area (Å²) >= 11 is 0. The quantitative estimate of drug-likeness (QED) is 0.518. The molecule has 2 aliphatic rings. The van der Waals surface area contributed by atoms with Gasteiger partial charge in [0.15, 0.2) is 5.78 Å². The van der Waals surface area contributed by atoms with E-state index in [2.05, 4.69) is 23.1 Å². The van der Waals surface area contributed by atoms with E-state index in [1.54, 1.807) is 18.2 Å². The van der Waals surface area contributed by atoms with Gasteiger partial charge in [-0.3, -0.25) is 9.59 Å². The number of para-hydroxylation sites is 1. The van der Waals surface area contributed by atoms with Gasteiger partial charge >= 0.3 is 0 Å². The zero-order chi connectivity index (χ0) is 20.8. The highest BCUT2D eigenvalue weighted by molar-refractivity contribution is 6.30. The van der Waals surface area contributed by atoms with E-state index in [1.165, 1.54) is 25.5 Å². The lowest BCUT2D eigenvalue weighted by Gasteiger charge is -2.24. The van der Waals surface area contributed by atoms with Crippen molar-refractivity contribution in [1.29, 1.82) is 0 Å². The van der Waals surface area contributed by atoms with Gasteiger partial charge in [0.05, 0.1) is 25.3 Å². The maximum absolute atomic E-state index is 13.3. The van der Waals surface area contributed by atoms with Crippen LogP contribution in [0.15, 0.2) is 54.6 Å². The van der Waals surface area contributed by atoms with E-state index in [0.717, 1.165) is 18.5 Å². The normalized spacial score (nSPS) is 14.3. The van der Waals surface area contributed by atoms with Crippen molar-refractivity contribution in [3.05, 3.63) is 88.0 Å². The molecule has 0 unspecified atom stereocenters. The lowest BCUT2D eigenvalue weighted by Crippen LogP contribution is -2.24. The second kappa shape index (κ2) is 7.02. The number of carbonyl (C=O) groups excluding carboxylic acids is 2. The highest BCUT2D eigenvalue weighted by atomic mass is 16.5. The number of anilines is 1. The Morgan fingerprint density at radius 2 is 1.60 bits per heavy atom. The van der Waals surface area contributed by atoms with Gasteiger partial charge in [0.1, 0.15) is 11.5 Å². The van der Waals surface area contributed by atoms with Crippen molar-refractivity contribution in [1.82, 2.24) is 0 Å². The van der Waals surface area contributed by atoms with Crippen LogP contribution in [0.3, 0.4) is 0 Å². The largest absolute Gasteiger partial charge is 0.496 e. The molecule has 0 fully saturated rings. The fraction of sp³-hybridized carbons (Fsp3) is 0.200. The molecule has 30 heavy (non-hydrogen) atoms. The molecule has 1 aliphatic carbocycles. The summed E-state index contributed by atoms with van der Waals surface area (Å²) in [5.41, 5.74) is 4.86. The van der Waals surface area contributed by atoms with Crippen LogP contribution in [0, 0.1) is 0 Å². The highest BCUT2D eigenvalue weighted by Gasteiger charge is 2.35. The molecule has 0 spiro atoms. The van der Waals surface area contributed by atoms with Gasteiger partial charge < -0.3 is 14.4 Å². The third-order valence-electron chi connectivity index (χ3n) is 5.93. The van der Waals surface area contributed by atoms with Crippen molar-refractivity contribution in [2.75, 3.05) is 25.7 Å². The van der Waals surface area contributed by atoms with Crippen LogP contribution in [0.1, 0.15) is 43.0 Å². The third-order valence-corrected chi connectivity index (χ3v) is 5.93. The number of carbonyl (C=O) groups is 2. The molecule has 3 aromatic rings. The zero-order valence-electron chi connectivity index (χ0n) is 16.9. The monoisotopic (exact) mass is 399 g/mol. The molecule has 150 valence electrons. The molecule has 1 heterocycles. The minimum atomic E-state index is -0.244. The molecule has 0 saturated carbocycles. The van der Waals surface area contributed by atoms with Crippen LogP contribution in [-0.4, -0.2) is 32.3 Å². The molecule has 0 atom stereocenters. The number of methoxy groups -OCH3 is 2. The summed E-state index contributed by atoms with van der Waals surface area (Å²) in [4.78, 5) is 28.9. The average molecular weight is 399 g/mol. The smallest absolute Gasteiger partial charge is 0.201 e. The summed E-state index contributed by atoms with van der Waals surface area (Å²) in [5.74, 6) is 0.397. The first-order valence-corrected chi connectivity index (χ1v) is 9.92. The number of nitrogens with zero attached hydrogens (tertiary/aromatic N) is 1. The Hall–Kier alpha value is -3.60. The molecule has 0 bridgehead atoms. The number of ether oxygens (including phenoxy) is 2. The number of hydrogen-bond acceptors (Lipinski definition) is 5. The number of ketones is 2. The molecule has 5 rings (SSSR count). The topological polar surface area (TPSA) is 55.8 Å². The Morgan fingerprint density at radius 3 is 2.40 bits per heavy atom. The maximum atomic E-state index is 13.3. The summed E-state index contributed by atoms with van der Waals surface area (Å²) in [6.07, 6.45) is 1.00. The van der Waals surface area contributed by atoms with Gasteiger partial charge in [-0.05, 0) is 41.8 Å². The van der Waals surface area contributed by atoms with Gasteiger partial charge in [-0.2, -0.15) is 0 Å².